The molecule has 0 aliphatic rings. The number of hydrogen-bond donors (Lipinski definition) is 1. The Hall–Kier alpha value is -1.32. The molecular formula is C7H11N3O. The Kier molecular flexibility index (Phi) is 2.25. The van der Waals surface area contributed by atoms with Gasteiger partial charge in [-0.3, -0.25) is 9.48 Å². The van der Waals surface area contributed by atoms with Gasteiger partial charge in [0.2, 0.25) is 5.91 Å². The van der Waals surface area contributed by atoms with Gasteiger partial charge < -0.3 is 5.73 Å². The minimum absolute atomic E-state index is 0.293. The van der Waals surface area contributed by atoms with E-state index in [4.69, 9.17) is 5.73 Å². The molecule has 1 aromatic rings. The molecule has 2 N–H and O–H groups in total. The SMILES string of the molecule is Cc1cnn(CCC(N)=O)c1. The van der Waals surface area contributed by atoms with E-state index in [0.717, 1.165) is 5.56 Å². The first-order chi connectivity index (χ1) is 5.18. The van der Waals surface area contributed by atoms with E-state index >= 15 is 0 Å². The Bertz CT molecular complexity index is 254. The second-order valence-corrected chi connectivity index (χ2v) is 2.50. The third-order valence-electron chi connectivity index (χ3n) is 1.35. The van der Waals surface area contributed by atoms with Gasteiger partial charge in [0, 0.05) is 19.2 Å². The lowest BCUT2D eigenvalue weighted by atomic mass is 10.4. The maximum absolute atomic E-state index is 10.4. The number of nitrogens with two attached hydrogens (primary N) is 1. The van der Waals surface area contributed by atoms with Gasteiger partial charge in [0.05, 0.1) is 6.20 Å². The number of primary amides is 1. The van der Waals surface area contributed by atoms with Crippen molar-refractivity contribution in [2.45, 2.75) is 19.9 Å². The van der Waals surface area contributed by atoms with Gasteiger partial charge in [0.15, 0.2) is 0 Å². The van der Waals surface area contributed by atoms with Gasteiger partial charge in [-0.15, -0.1) is 0 Å². The van der Waals surface area contributed by atoms with Crippen LogP contribution < -0.4 is 5.73 Å². The van der Waals surface area contributed by atoms with Crippen molar-refractivity contribution in [2.75, 3.05) is 0 Å². The molecule has 0 atom stereocenters. The van der Waals surface area contributed by atoms with E-state index in [0.29, 0.717) is 13.0 Å². The Morgan fingerprint density at radius 3 is 3.00 bits per heavy atom. The lowest BCUT2D eigenvalue weighted by molar-refractivity contribution is -0.118. The van der Waals surface area contributed by atoms with Gasteiger partial charge in [0.25, 0.3) is 0 Å². The summed E-state index contributed by atoms with van der Waals surface area (Å²) in [6.45, 7) is 2.52. The number of aryl methyl sites for hydroxylation is 2. The Morgan fingerprint density at radius 2 is 2.55 bits per heavy atom. The summed E-state index contributed by atoms with van der Waals surface area (Å²) < 4.78 is 1.71. The maximum Gasteiger partial charge on any atom is 0.219 e. The molecule has 0 aromatic carbocycles. The van der Waals surface area contributed by atoms with E-state index in [1.807, 2.05) is 13.1 Å². The molecule has 11 heavy (non-hydrogen) atoms. The molecule has 4 nitrogen and oxygen atoms in total. The van der Waals surface area contributed by atoms with Gasteiger partial charge in [-0.2, -0.15) is 5.10 Å². The van der Waals surface area contributed by atoms with Crippen LogP contribution in [0.5, 0.6) is 0 Å². The normalized spacial score (nSPS) is 9.91. The van der Waals surface area contributed by atoms with Crippen molar-refractivity contribution in [3.05, 3.63) is 18.0 Å². The van der Waals surface area contributed by atoms with Gasteiger partial charge in [-0.1, -0.05) is 0 Å². The third-order valence-corrected chi connectivity index (χ3v) is 1.35. The monoisotopic (exact) mass is 153 g/mol. The van der Waals surface area contributed by atoms with Crippen molar-refractivity contribution < 1.29 is 4.79 Å². The van der Waals surface area contributed by atoms with Crippen molar-refractivity contribution in [3.63, 3.8) is 0 Å². The minimum Gasteiger partial charge on any atom is -0.370 e. The predicted molar refractivity (Wildman–Crippen MR) is 40.8 cm³/mol. The highest BCUT2D eigenvalue weighted by molar-refractivity contribution is 5.73. The lowest BCUT2D eigenvalue weighted by Gasteiger charge is -1.95. The van der Waals surface area contributed by atoms with Crippen molar-refractivity contribution in [1.29, 1.82) is 0 Å². The summed E-state index contributed by atoms with van der Waals surface area (Å²) in [6.07, 6.45) is 3.98. The van der Waals surface area contributed by atoms with Crippen LogP contribution in [0.15, 0.2) is 12.4 Å². The molecule has 0 aliphatic heterocycles. The van der Waals surface area contributed by atoms with Gasteiger partial charge in [0.1, 0.15) is 0 Å². The minimum atomic E-state index is -0.293. The van der Waals surface area contributed by atoms with Crippen LogP contribution in [-0.4, -0.2) is 15.7 Å². The fraction of sp³-hybridized carbons (Fsp3) is 0.429. The van der Waals surface area contributed by atoms with Crippen molar-refractivity contribution in [2.24, 2.45) is 5.73 Å². The van der Waals surface area contributed by atoms with E-state index in [1.54, 1.807) is 10.9 Å². The number of rotatable bonds is 3. The molecule has 0 aliphatic carbocycles. The number of hydrogen-bond acceptors (Lipinski definition) is 2. The maximum atomic E-state index is 10.4. The number of nitrogens with zero attached hydrogens (tertiary/aromatic N) is 2. The average molecular weight is 153 g/mol. The van der Waals surface area contributed by atoms with E-state index in [1.165, 1.54) is 0 Å². The molecule has 1 aromatic heterocycles. The first kappa shape index (κ1) is 7.78. The second kappa shape index (κ2) is 3.18. The highest BCUT2D eigenvalue weighted by Crippen LogP contribution is 1.94. The molecule has 0 saturated carbocycles. The first-order valence-electron chi connectivity index (χ1n) is 3.46. The average Bonchev–Trinajstić information content (AvgIpc) is 2.31. The molecule has 4 heteroatoms. The van der Waals surface area contributed by atoms with Crippen molar-refractivity contribution in [1.82, 2.24) is 9.78 Å². The highest BCUT2D eigenvalue weighted by Gasteiger charge is 1.96. The van der Waals surface area contributed by atoms with Crippen LogP contribution in [0.3, 0.4) is 0 Å². The van der Waals surface area contributed by atoms with Crippen LogP contribution in [-0.2, 0) is 11.3 Å². The number of carbonyl (C=O) groups is 1. The third kappa shape index (κ3) is 2.41. The van der Waals surface area contributed by atoms with Crippen LogP contribution >= 0.6 is 0 Å². The van der Waals surface area contributed by atoms with Gasteiger partial charge in [-0.05, 0) is 12.5 Å². The smallest absolute Gasteiger partial charge is 0.219 e. The van der Waals surface area contributed by atoms with Crippen LogP contribution in [0.2, 0.25) is 0 Å². The molecule has 0 saturated heterocycles. The summed E-state index contributed by atoms with van der Waals surface area (Å²) in [5.41, 5.74) is 6.06. The summed E-state index contributed by atoms with van der Waals surface area (Å²) >= 11 is 0. The molecule has 0 fully saturated rings. The number of amides is 1. The fourth-order valence-electron chi connectivity index (χ4n) is 0.814. The summed E-state index contributed by atoms with van der Waals surface area (Å²) in [4.78, 5) is 10.4. The molecule has 0 radical (unpaired) electrons. The van der Waals surface area contributed by atoms with Gasteiger partial charge in [-0.25, -0.2) is 0 Å². The molecule has 1 heterocycles. The van der Waals surface area contributed by atoms with Crippen LogP contribution in [0, 0.1) is 6.92 Å². The zero-order valence-corrected chi connectivity index (χ0v) is 6.45. The molecule has 0 spiro atoms. The van der Waals surface area contributed by atoms with Gasteiger partial charge >= 0.3 is 0 Å². The molecule has 1 rings (SSSR count). The molecule has 1 amide bonds. The fourth-order valence-corrected chi connectivity index (χ4v) is 0.814. The zero-order chi connectivity index (χ0) is 8.27. The van der Waals surface area contributed by atoms with Crippen LogP contribution in [0.25, 0.3) is 0 Å². The van der Waals surface area contributed by atoms with E-state index < -0.39 is 0 Å². The van der Waals surface area contributed by atoms with E-state index in [2.05, 4.69) is 5.10 Å². The van der Waals surface area contributed by atoms with Crippen molar-refractivity contribution >= 4 is 5.91 Å². The Labute approximate surface area is 65.0 Å². The molecule has 60 valence electrons. The lowest BCUT2D eigenvalue weighted by Crippen LogP contribution is -2.13. The quantitative estimate of drug-likeness (QED) is 0.667. The summed E-state index contributed by atoms with van der Waals surface area (Å²) in [5.74, 6) is -0.293. The second-order valence-electron chi connectivity index (χ2n) is 2.50. The Morgan fingerprint density at radius 1 is 1.82 bits per heavy atom. The molecule has 0 bridgehead atoms. The summed E-state index contributed by atoms with van der Waals surface area (Å²) in [6, 6.07) is 0. The van der Waals surface area contributed by atoms with Crippen LogP contribution in [0.1, 0.15) is 12.0 Å². The standard InChI is InChI=1S/C7H11N3O/c1-6-4-9-10(5-6)3-2-7(8)11/h4-5H,2-3H2,1H3,(H2,8,11). The predicted octanol–water partition coefficient (Wildman–Crippen LogP) is 0.0669. The number of aromatic nitrogens is 2. The Balaban J connectivity index is 2.45. The largest absolute Gasteiger partial charge is 0.370 e. The number of carbonyl (C=O) groups excluding carboxylic acids is 1. The van der Waals surface area contributed by atoms with E-state index in [-0.39, 0.29) is 5.91 Å². The highest BCUT2D eigenvalue weighted by atomic mass is 16.1. The van der Waals surface area contributed by atoms with Crippen LogP contribution in [0.4, 0.5) is 0 Å². The molecular weight excluding hydrogens is 142 g/mol. The first-order valence-corrected chi connectivity index (χ1v) is 3.46. The summed E-state index contributed by atoms with van der Waals surface area (Å²) in [5, 5.41) is 4.00. The van der Waals surface area contributed by atoms with Crippen molar-refractivity contribution in [3.8, 4) is 0 Å². The zero-order valence-electron chi connectivity index (χ0n) is 6.45. The van der Waals surface area contributed by atoms with E-state index in [9.17, 15) is 4.79 Å². The topological polar surface area (TPSA) is 60.9 Å². The summed E-state index contributed by atoms with van der Waals surface area (Å²) in [7, 11) is 0. The molecule has 0 unspecified atom stereocenters.